The summed E-state index contributed by atoms with van der Waals surface area (Å²) in [6.07, 6.45) is 82.0. The number of aliphatic hydroxyl groups excluding tert-OH is 6. The average Bonchev–Trinajstić information content (AvgIpc) is 1.34. The molecule has 0 aromatic heterocycles. The summed E-state index contributed by atoms with van der Waals surface area (Å²) in [7, 11) is 0. The fraction of sp³-hybridized carbons (Fsp3) is 0.952. The molecule has 0 radical (unpaired) electrons. The van der Waals surface area contributed by atoms with E-state index in [0.29, 0.717) is 38.5 Å². The monoisotopic (exact) mass is 1410 g/mol. The lowest BCUT2D eigenvalue weighted by molar-refractivity contribution is -0.138. The minimum absolute atomic E-state index is 0.156. The summed E-state index contributed by atoms with van der Waals surface area (Å²) in [5.41, 5.74) is -1.33. The molecule has 0 spiro atoms. The van der Waals surface area contributed by atoms with Crippen LogP contribution in [0, 0.1) is 10.8 Å². The number of hydrogen-bond donors (Lipinski definition) is 10. The van der Waals surface area contributed by atoms with Gasteiger partial charge in [-0.1, -0.05) is 401 Å². The first kappa shape index (κ1) is 107. The van der Waals surface area contributed by atoms with E-state index in [1.807, 2.05) is 13.8 Å². The second-order valence-electron chi connectivity index (χ2n) is 29.0. The van der Waals surface area contributed by atoms with Gasteiger partial charge in [-0.25, -0.2) is 0 Å². The van der Waals surface area contributed by atoms with Gasteiger partial charge in [0.25, 0.3) is 0 Å². The highest BCUT2D eigenvalue weighted by atomic mass is 16.4. The van der Waals surface area contributed by atoms with Crippen molar-refractivity contribution in [3.8, 4) is 0 Å². The van der Waals surface area contributed by atoms with Gasteiger partial charge < -0.3 is 51.1 Å². The molecule has 0 aliphatic heterocycles. The van der Waals surface area contributed by atoms with Crippen molar-refractivity contribution in [3.05, 3.63) is 0 Å². The van der Waals surface area contributed by atoms with Gasteiger partial charge in [-0.05, 0) is 38.5 Å². The Bertz CT molecular complexity index is 1260. The Balaban J connectivity index is -0.000000265. The minimum Gasteiger partial charge on any atom is -0.481 e. The van der Waals surface area contributed by atoms with Crippen LogP contribution in [0.1, 0.15) is 465 Å². The third-order valence-corrected chi connectivity index (χ3v) is 19.5. The number of aliphatic hydroxyl groups is 6. The lowest BCUT2D eigenvalue weighted by Crippen LogP contribution is -2.32. The standard InChI is InChI=1S/4C18H36O2.2C6H14O3/c4*1-2-3-4-5-6-7-8-9-10-11-12-13-14-15-16-17-18(19)20;2*1-2-6(3-7,4-8)5-9/h4*2-17H2,1H3,(H,19,20);2*7-9H,2-5H2,1H3. The Labute approximate surface area is 607 Å². The molecule has 0 amide bonds. The van der Waals surface area contributed by atoms with E-state index in [1.54, 1.807) is 0 Å². The predicted molar refractivity (Wildman–Crippen MR) is 417 cm³/mol. The number of rotatable bonds is 72. The van der Waals surface area contributed by atoms with Crippen LogP contribution in [-0.4, -0.2) is 115 Å². The second-order valence-corrected chi connectivity index (χ2v) is 29.0. The van der Waals surface area contributed by atoms with Gasteiger partial charge >= 0.3 is 23.9 Å². The molecule has 0 bridgehead atoms. The van der Waals surface area contributed by atoms with Gasteiger partial charge in [0, 0.05) is 36.5 Å². The molecule has 0 aromatic carbocycles. The molecule has 10 N–H and O–H groups in total. The van der Waals surface area contributed by atoms with Crippen molar-refractivity contribution in [1.82, 2.24) is 0 Å². The van der Waals surface area contributed by atoms with Crippen molar-refractivity contribution in [2.75, 3.05) is 39.6 Å². The largest absolute Gasteiger partial charge is 0.481 e. The molecule has 14 heteroatoms. The zero-order chi connectivity index (χ0) is 74.2. The van der Waals surface area contributed by atoms with Crippen LogP contribution >= 0.6 is 0 Å². The van der Waals surface area contributed by atoms with E-state index < -0.39 is 34.7 Å². The van der Waals surface area contributed by atoms with E-state index in [9.17, 15) is 19.2 Å². The van der Waals surface area contributed by atoms with Crippen molar-refractivity contribution in [2.24, 2.45) is 10.8 Å². The minimum atomic E-state index is -0.667. The van der Waals surface area contributed by atoms with Crippen LogP contribution in [0.3, 0.4) is 0 Å². The Morgan fingerprint density at radius 2 is 0.265 bits per heavy atom. The molecule has 0 aliphatic rings. The zero-order valence-corrected chi connectivity index (χ0v) is 66.0. The molecule has 0 unspecified atom stereocenters. The Kier molecular flexibility index (Phi) is 103. The first-order valence-corrected chi connectivity index (χ1v) is 42.1. The molecule has 0 aliphatic carbocycles. The summed E-state index contributed by atoms with van der Waals surface area (Å²) in [5.74, 6) is -2.61. The van der Waals surface area contributed by atoms with E-state index in [-0.39, 0.29) is 39.6 Å². The van der Waals surface area contributed by atoms with Crippen molar-refractivity contribution < 1.29 is 70.2 Å². The summed E-state index contributed by atoms with van der Waals surface area (Å²) in [5, 5.41) is 86.0. The molecular weight excluding hydrogens is 1230 g/mol. The number of carboxylic acids is 4. The van der Waals surface area contributed by atoms with Gasteiger partial charge in [-0.15, -0.1) is 0 Å². The molecule has 0 aromatic rings. The van der Waals surface area contributed by atoms with E-state index in [1.165, 1.54) is 334 Å². The van der Waals surface area contributed by atoms with Crippen LogP contribution in [0.25, 0.3) is 0 Å². The Morgan fingerprint density at radius 3 is 0.327 bits per heavy atom. The number of carboxylic acid groups (broad SMARTS) is 4. The van der Waals surface area contributed by atoms with Gasteiger partial charge in [0.2, 0.25) is 0 Å². The maximum Gasteiger partial charge on any atom is 0.303 e. The third-order valence-electron chi connectivity index (χ3n) is 19.5. The summed E-state index contributed by atoms with van der Waals surface area (Å²) in [4.78, 5) is 41.3. The van der Waals surface area contributed by atoms with Gasteiger partial charge in [0.15, 0.2) is 0 Å². The van der Waals surface area contributed by atoms with Gasteiger partial charge in [0.05, 0.1) is 39.6 Å². The first-order chi connectivity index (χ1) is 47.6. The molecule has 0 saturated heterocycles. The van der Waals surface area contributed by atoms with Crippen LogP contribution in [0.2, 0.25) is 0 Å². The molecular formula is C84H172O14. The van der Waals surface area contributed by atoms with Crippen LogP contribution < -0.4 is 0 Å². The van der Waals surface area contributed by atoms with Gasteiger partial charge in [0.1, 0.15) is 0 Å². The Morgan fingerprint density at radius 1 is 0.173 bits per heavy atom. The van der Waals surface area contributed by atoms with Crippen molar-refractivity contribution in [2.45, 2.75) is 465 Å². The molecule has 0 fully saturated rings. The van der Waals surface area contributed by atoms with E-state index in [0.717, 1.165) is 51.4 Å². The Hall–Kier alpha value is -2.36. The first-order valence-electron chi connectivity index (χ1n) is 42.1. The lowest BCUT2D eigenvalue weighted by Gasteiger charge is -2.24. The van der Waals surface area contributed by atoms with Crippen molar-refractivity contribution in [3.63, 3.8) is 0 Å². The average molecular weight is 1410 g/mol. The van der Waals surface area contributed by atoms with Gasteiger partial charge in [-0.3, -0.25) is 19.2 Å². The maximum atomic E-state index is 10.3. The molecule has 0 heterocycles. The smallest absolute Gasteiger partial charge is 0.303 e. The van der Waals surface area contributed by atoms with E-state index >= 15 is 0 Å². The molecule has 592 valence electrons. The van der Waals surface area contributed by atoms with Crippen LogP contribution in [0.15, 0.2) is 0 Å². The highest BCUT2D eigenvalue weighted by molar-refractivity contribution is 5.67. The second kappa shape index (κ2) is 94.6. The molecule has 0 rings (SSSR count). The van der Waals surface area contributed by atoms with E-state index in [2.05, 4.69) is 27.7 Å². The van der Waals surface area contributed by atoms with Crippen molar-refractivity contribution >= 4 is 23.9 Å². The van der Waals surface area contributed by atoms with Crippen LogP contribution in [0.5, 0.6) is 0 Å². The quantitative estimate of drug-likeness (QED) is 0.0254. The van der Waals surface area contributed by atoms with Gasteiger partial charge in [-0.2, -0.15) is 0 Å². The molecule has 0 atom stereocenters. The number of aliphatic carboxylic acids is 4. The highest BCUT2D eigenvalue weighted by Crippen LogP contribution is 2.21. The topological polar surface area (TPSA) is 271 Å². The fourth-order valence-corrected chi connectivity index (χ4v) is 11.6. The normalized spacial score (nSPS) is 11.1. The molecule has 14 nitrogen and oxygen atoms in total. The zero-order valence-electron chi connectivity index (χ0n) is 66.0. The summed E-state index contributed by atoms with van der Waals surface area (Å²) < 4.78 is 0. The fourth-order valence-electron chi connectivity index (χ4n) is 11.6. The number of hydrogen-bond acceptors (Lipinski definition) is 10. The highest BCUT2D eigenvalue weighted by Gasteiger charge is 2.25. The number of carbonyl (C=O) groups is 4. The predicted octanol–water partition coefficient (Wildman–Crippen LogP) is 24.0. The van der Waals surface area contributed by atoms with Crippen molar-refractivity contribution in [1.29, 1.82) is 0 Å². The molecule has 98 heavy (non-hydrogen) atoms. The molecule has 0 saturated carbocycles. The lowest BCUT2D eigenvalue weighted by atomic mass is 9.88. The third kappa shape index (κ3) is 100. The number of unbranched alkanes of at least 4 members (excludes halogenated alkanes) is 56. The summed E-state index contributed by atoms with van der Waals surface area (Å²) >= 11 is 0. The summed E-state index contributed by atoms with van der Waals surface area (Å²) in [6, 6.07) is 0. The van der Waals surface area contributed by atoms with E-state index in [4.69, 9.17) is 51.1 Å². The maximum absolute atomic E-state index is 10.3. The SMILES string of the molecule is CCC(CO)(CO)CO.CCC(CO)(CO)CO.CCCCCCCCCCCCCCCCCC(=O)O.CCCCCCCCCCCCCCCCCC(=O)O.CCCCCCCCCCCCCCCCCC(=O)O.CCCCCCCCCCCCCCCCCC(=O)O. The van der Waals surface area contributed by atoms with Crippen LogP contribution in [-0.2, 0) is 19.2 Å². The van der Waals surface area contributed by atoms with Crippen LogP contribution in [0.4, 0.5) is 0 Å². The summed E-state index contributed by atoms with van der Waals surface area (Å²) in [6.45, 7) is 11.8.